The van der Waals surface area contributed by atoms with Crippen LogP contribution in [0.2, 0.25) is 0 Å². The molecule has 0 fully saturated rings. The molecule has 2 aromatic carbocycles. The average molecular weight is 500 g/mol. The van der Waals surface area contributed by atoms with E-state index in [1.54, 1.807) is 19.2 Å². The number of nitrogens with one attached hydrogen (secondary N) is 2. The monoisotopic (exact) mass is 500 g/mol. The first-order chi connectivity index (χ1) is 12.5. The van der Waals surface area contributed by atoms with Crippen molar-refractivity contribution in [3.63, 3.8) is 0 Å². The Hall–Kier alpha value is -1.65. The SMILES string of the molecule is CN=C(NCc1ccc(S(=O)(=O)NC)cc1)N1CCc2ccccc2C1.I. The maximum absolute atomic E-state index is 11.8. The summed E-state index contributed by atoms with van der Waals surface area (Å²) in [7, 11) is -0.207. The molecule has 1 aliphatic heterocycles. The molecule has 27 heavy (non-hydrogen) atoms. The normalized spacial score (nSPS) is 14.3. The molecule has 1 aliphatic rings. The second-order valence-electron chi connectivity index (χ2n) is 6.19. The van der Waals surface area contributed by atoms with Gasteiger partial charge in [-0.3, -0.25) is 4.99 Å². The number of aliphatic imine (C=N–C) groups is 1. The predicted molar refractivity (Wildman–Crippen MR) is 119 cm³/mol. The topological polar surface area (TPSA) is 73.8 Å². The quantitative estimate of drug-likeness (QED) is 0.384. The van der Waals surface area contributed by atoms with Gasteiger partial charge in [-0.25, -0.2) is 13.1 Å². The molecule has 0 aromatic heterocycles. The molecule has 0 unspecified atom stereocenters. The van der Waals surface area contributed by atoms with E-state index in [1.165, 1.54) is 18.2 Å². The largest absolute Gasteiger partial charge is 0.352 e. The number of hydrogen-bond donors (Lipinski definition) is 2. The van der Waals surface area contributed by atoms with Crippen LogP contribution in [0.5, 0.6) is 0 Å². The van der Waals surface area contributed by atoms with Crippen molar-refractivity contribution in [1.29, 1.82) is 0 Å². The molecule has 0 saturated carbocycles. The number of rotatable bonds is 4. The first kappa shape index (κ1) is 21.6. The molecular formula is C19H25IN4O2S. The summed E-state index contributed by atoms with van der Waals surface area (Å²) in [6.45, 7) is 2.36. The maximum atomic E-state index is 11.8. The molecule has 146 valence electrons. The Morgan fingerprint density at radius 3 is 2.41 bits per heavy atom. The predicted octanol–water partition coefficient (Wildman–Crippen LogP) is 2.35. The minimum Gasteiger partial charge on any atom is -0.352 e. The molecule has 1 heterocycles. The van der Waals surface area contributed by atoms with Gasteiger partial charge in [0.2, 0.25) is 10.0 Å². The van der Waals surface area contributed by atoms with Crippen molar-refractivity contribution in [2.45, 2.75) is 24.4 Å². The molecule has 8 heteroatoms. The molecule has 0 spiro atoms. The maximum Gasteiger partial charge on any atom is 0.240 e. The van der Waals surface area contributed by atoms with Crippen molar-refractivity contribution in [2.24, 2.45) is 4.99 Å². The van der Waals surface area contributed by atoms with Crippen molar-refractivity contribution in [1.82, 2.24) is 14.9 Å². The van der Waals surface area contributed by atoms with Gasteiger partial charge in [0, 0.05) is 26.7 Å². The first-order valence-electron chi connectivity index (χ1n) is 8.58. The standard InChI is InChI=1S/C19H24N4O2S.HI/c1-20-19(23-12-11-16-5-3-4-6-17(16)14-23)22-13-15-7-9-18(10-8-15)26(24,25)21-2;/h3-10,21H,11-14H2,1-2H3,(H,20,22);1H. The van der Waals surface area contributed by atoms with E-state index in [1.807, 2.05) is 12.1 Å². The van der Waals surface area contributed by atoms with Gasteiger partial charge in [0.25, 0.3) is 0 Å². The number of nitrogens with zero attached hydrogens (tertiary/aromatic N) is 2. The van der Waals surface area contributed by atoms with E-state index >= 15 is 0 Å². The fourth-order valence-corrected chi connectivity index (χ4v) is 3.82. The van der Waals surface area contributed by atoms with Gasteiger partial charge in [-0.2, -0.15) is 0 Å². The van der Waals surface area contributed by atoms with E-state index in [0.29, 0.717) is 6.54 Å². The molecule has 2 aromatic rings. The lowest BCUT2D eigenvalue weighted by atomic mass is 10.0. The van der Waals surface area contributed by atoms with Crippen molar-refractivity contribution in [3.05, 3.63) is 65.2 Å². The summed E-state index contributed by atoms with van der Waals surface area (Å²) < 4.78 is 25.9. The van der Waals surface area contributed by atoms with E-state index in [-0.39, 0.29) is 28.9 Å². The van der Waals surface area contributed by atoms with Crippen LogP contribution in [0.25, 0.3) is 0 Å². The Morgan fingerprint density at radius 1 is 1.11 bits per heavy atom. The van der Waals surface area contributed by atoms with Gasteiger partial charge in [-0.15, -0.1) is 24.0 Å². The molecule has 0 atom stereocenters. The number of sulfonamides is 1. The highest BCUT2D eigenvalue weighted by Crippen LogP contribution is 2.18. The van der Waals surface area contributed by atoms with Crippen LogP contribution in [0.4, 0.5) is 0 Å². The number of hydrogen-bond acceptors (Lipinski definition) is 3. The van der Waals surface area contributed by atoms with Crippen LogP contribution in [-0.4, -0.2) is 39.9 Å². The zero-order chi connectivity index (χ0) is 18.6. The minimum absolute atomic E-state index is 0. The Morgan fingerprint density at radius 2 is 1.78 bits per heavy atom. The van der Waals surface area contributed by atoms with Crippen molar-refractivity contribution in [3.8, 4) is 0 Å². The highest BCUT2D eigenvalue weighted by molar-refractivity contribution is 14.0. The summed E-state index contributed by atoms with van der Waals surface area (Å²) in [6, 6.07) is 15.4. The van der Waals surface area contributed by atoms with Gasteiger partial charge in [0.15, 0.2) is 5.96 Å². The minimum atomic E-state index is -3.40. The van der Waals surface area contributed by atoms with Crippen LogP contribution in [0.3, 0.4) is 0 Å². The lowest BCUT2D eigenvalue weighted by Gasteiger charge is -2.31. The second-order valence-corrected chi connectivity index (χ2v) is 8.08. The Bertz CT molecular complexity index is 898. The van der Waals surface area contributed by atoms with Crippen LogP contribution in [-0.2, 0) is 29.5 Å². The summed E-state index contributed by atoms with van der Waals surface area (Å²) in [4.78, 5) is 6.90. The van der Waals surface area contributed by atoms with Gasteiger partial charge >= 0.3 is 0 Å². The van der Waals surface area contributed by atoms with E-state index < -0.39 is 10.0 Å². The summed E-state index contributed by atoms with van der Waals surface area (Å²) in [5, 5.41) is 3.37. The fraction of sp³-hybridized carbons (Fsp3) is 0.316. The second kappa shape index (κ2) is 9.52. The number of benzene rings is 2. The van der Waals surface area contributed by atoms with Gasteiger partial charge in [0.05, 0.1) is 4.90 Å². The summed E-state index contributed by atoms with van der Waals surface area (Å²) >= 11 is 0. The molecule has 3 rings (SSSR count). The summed E-state index contributed by atoms with van der Waals surface area (Å²) in [5.74, 6) is 0.853. The molecule has 0 bridgehead atoms. The van der Waals surface area contributed by atoms with Crippen molar-refractivity contribution in [2.75, 3.05) is 20.6 Å². The zero-order valence-corrected chi connectivity index (χ0v) is 18.6. The smallest absolute Gasteiger partial charge is 0.240 e. The molecular weight excluding hydrogens is 475 g/mol. The lowest BCUT2D eigenvalue weighted by Crippen LogP contribution is -2.43. The van der Waals surface area contributed by atoms with E-state index in [2.05, 4.69) is 44.2 Å². The van der Waals surface area contributed by atoms with Gasteiger partial charge < -0.3 is 10.2 Å². The zero-order valence-electron chi connectivity index (χ0n) is 15.5. The van der Waals surface area contributed by atoms with E-state index in [9.17, 15) is 8.42 Å². The number of fused-ring (bicyclic) bond motifs is 1. The fourth-order valence-electron chi connectivity index (χ4n) is 3.09. The van der Waals surface area contributed by atoms with E-state index in [4.69, 9.17) is 0 Å². The van der Waals surface area contributed by atoms with Crippen LogP contribution in [0, 0.1) is 0 Å². The molecule has 0 aliphatic carbocycles. The van der Waals surface area contributed by atoms with Gasteiger partial charge in [0.1, 0.15) is 0 Å². The molecule has 0 radical (unpaired) electrons. The third-order valence-electron chi connectivity index (χ3n) is 4.59. The first-order valence-corrected chi connectivity index (χ1v) is 10.1. The lowest BCUT2D eigenvalue weighted by molar-refractivity contribution is 0.378. The van der Waals surface area contributed by atoms with Gasteiger partial charge in [-0.1, -0.05) is 36.4 Å². The Kier molecular flexibility index (Phi) is 7.63. The summed E-state index contributed by atoms with van der Waals surface area (Å²) in [6.07, 6.45) is 1.01. The molecule has 2 N–H and O–H groups in total. The van der Waals surface area contributed by atoms with Crippen molar-refractivity contribution >= 4 is 40.0 Å². The number of halogens is 1. The molecule has 6 nitrogen and oxygen atoms in total. The number of guanidine groups is 1. The van der Waals surface area contributed by atoms with Crippen LogP contribution in [0.1, 0.15) is 16.7 Å². The Labute approximate surface area is 178 Å². The molecule has 0 saturated heterocycles. The van der Waals surface area contributed by atoms with Crippen molar-refractivity contribution < 1.29 is 8.42 Å². The van der Waals surface area contributed by atoms with Crippen LogP contribution in [0.15, 0.2) is 58.4 Å². The highest BCUT2D eigenvalue weighted by Gasteiger charge is 2.18. The highest BCUT2D eigenvalue weighted by atomic mass is 127. The molecule has 0 amide bonds. The van der Waals surface area contributed by atoms with Gasteiger partial charge in [-0.05, 0) is 42.3 Å². The van der Waals surface area contributed by atoms with E-state index in [0.717, 1.165) is 31.0 Å². The Balaban J connectivity index is 0.00000261. The van der Waals surface area contributed by atoms with Crippen LogP contribution < -0.4 is 10.0 Å². The summed E-state index contributed by atoms with van der Waals surface area (Å²) in [5.41, 5.74) is 3.74. The average Bonchev–Trinajstić information content (AvgIpc) is 2.68. The third kappa shape index (κ3) is 5.20. The van der Waals surface area contributed by atoms with Crippen LogP contribution >= 0.6 is 24.0 Å². The third-order valence-corrected chi connectivity index (χ3v) is 6.03.